The molecule has 1 amide bonds. The Hall–Kier alpha value is -1.55. The zero-order valence-electron chi connectivity index (χ0n) is 18.2. The summed E-state index contributed by atoms with van der Waals surface area (Å²) in [6.07, 6.45) is 8.46. The van der Waals surface area contributed by atoms with Gasteiger partial charge in [0.2, 0.25) is 5.91 Å². The van der Waals surface area contributed by atoms with Crippen LogP contribution in [0, 0.1) is 30.1 Å². The van der Waals surface area contributed by atoms with Crippen molar-refractivity contribution in [2.45, 2.75) is 58.4 Å². The highest BCUT2D eigenvalue weighted by Crippen LogP contribution is 2.61. The lowest BCUT2D eigenvalue weighted by atomic mass is 9.48. The minimum absolute atomic E-state index is 0.234. The number of anilines is 1. The molecule has 1 heterocycles. The first-order chi connectivity index (χ1) is 14.0. The van der Waals surface area contributed by atoms with Gasteiger partial charge in [-0.3, -0.25) is 9.69 Å². The fourth-order valence-corrected chi connectivity index (χ4v) is 7.42. The van der Waals surface area contributed by atoms with Gasteiger partial charge in [0.25, 0.3) is 0 Å². The van der Waals surface area contributed by atoms with Crippen molar-refractivity contribution in [3.63, 3.8) is 0 Å². The fraction of sp³-hybridized carbons (Fsp3) is 0.720. The van der Waals surface area contributed by atoms with Gasteiger partial charge in [0.15, 0.2) is 0 Å². The Labute approximate surface area is 176 Å². The SMILES string of the molecule is Cc1ccccc1N1CCN(CC(=O)N[C@@H](C)C23CC4CC(CC(C4)C2)C3)CC1. The summed E-state index contributed by atoms with van der Waals surface area (Å²) in [4.78, 5) is 17.6. The summed E-state index contributed by atoms with van der Waals surface area (Å²) in [6, 6.07) is 8.95. The highest BCUT2D eigenvalue weighted by atomic mass is 16.2. The van der Waals surface area contributed by atoms with Crippen molar-refractivity contribution >= 4 is 11.6 Å². The molecule has 4 bridgehead atoms. The van der Waals surface area contributed by atoms with Crippen molar-refractivity contribution in [3.05, 3.63) is 29.8 Å². The van der Waals surface area contributed by atoms with E-state index < -0.39 is 0 Å². The first-order valence-corrected chi connectivity index (χ1v) is 11.8. The van der Waals surface area contributed by atoms with Crippen LogP contribution in [0.3, 0.4) is 0 Å². The normalized spacial score (nSPS) is 35.0. The summed E-state index contributed by atoms with van der Waals surface area (Å²) in [7, 11) is 0. The molecule has 5 fully saturated rings. The lowest BCUT2D eigenvalue weighted by Crippen LogP contribution is -2.57. The third-order valence-electron chi connectivity index (χ3n) is 8.58. The quantitative estimate of drug-likeness (QED) is 0.823. The number of amides is 1. The molecule has 1 aromatic carbocycles. The number of nitrogens with zero attached hydrogens (tertiary/aromatic N) is 2. The second-order valence-corrected chi connectivity index (χ2v) is 10.6. The molecule has 5 aliphatic rings. The number of carbonyl (C=O) groups excluding carboxylic acids is 1. The Morgan fingerprint density at radius 2 is 1.62 bits per heavy atom. The molecule has 1 N–H and O–H groups in total. The molecule has 4 heteroatoms. The van der Waals surface area contributed by atoms with E-state index in [1.54, 1.807) is 0 Å². The molecule has 1 saturated heterocycles. The average molecular weight is 396 g/mol. The summed E-state index contributed by atoms with van der Waals surface area (Å²) in [5.41, 5.74) is 3.07. The summed E-state index contributed by atoms with van der Waals surface area (Å²) in [5, 5.41) is 3.44. The van der Waals surface area contributed by atoms with Gasteiger partial charge >= 0.3 is 0 Å². The second-order valence-electron chi connectivity index (χ2n) is 10.6. The van der Waals surface area contributed by atoms with Crippen LogP contribution in [0.1, 0.15) is 51.0 Å². The number of hydrogen-bond donors (Lipinski definition) is 1. The van der Waals surface area contributed by atoms with Crippen LogP contribution in [0.15, 0.2) is 24.3 Å². The topological polar surface area (TPSA) is 35.6 Å². The van der Waals surface area contributed by atoms with Gasteiger partial charge in [-0.2, -0.15) is 0 Å². The molecular weight excluding hydrogens is 358 g/mol. The van der Waals surface area contributed by atoms with Crippen LogP contribution < -0.4 is 10.2 Å². The van der Waals surface area contributed by atoms with E-state index in [0.29, 0.717) is 18.0 Å². The molecule has 0 radical (unpaired) electrons. The van der Waals surface area contributed by atoms with Crippen LogP contribution in [0.5, 0.6) is 0 Å². The molecule has 0 aromatic heterocycles. The number of aryl methyl sites for hydroxylation is 1. The predicted octanol–water partition coefficient (Wildman–Crippen LogP) is 3.84. The zero-order valence-corrected chi connectivity index (χ0v) is 18.2. The van der Waals surface area contributed by atoms with Gasteiger partial charge in [-0.25, -0.2) is 0 Å². The van der Waals surface area contributed by atoms with Gasteiger partial charge in [0.1, 0.15) is 0 Å². The Balaban J connectivity index is 1.13. The number of benzene rings is 1. The molecule has 158 valence electrons. The summed E-state index contributed by atoms with van der Waals surface area (Å²) in [5.74, 6) is 3.05. The van der Waals surface area contributed by atoms with E-state index in [4.69, 9.17) is 0 Å². The highest BCUT2D eigenvalue weighted by molar-refractivity contribution is 5.78. The van der Waals surface area contributed by atoms with Crippen LogP contribution in [-0.2, 0) is 4.79 Å². The largest absolute Gasteiger partial charge is 0.369 e. The monoisotopic (exact) mass is 395 g/mol. The summed E-state index contributed by atoms with van der Waals surface area (Å²) >= 11 is 0. The van der Waals surface area contributed by atoms with Crippen molar-refractivity contribution in [2.75, 3.05) is 37.6 Å². The highest BCUT2D eigenvalue weighted by Gasteiger charge is 2.53. The maximum Gasteiger partial charge on any atom is 0.234 e. The fourth-order valence-electron chi connectivity index (χ4n) is 7.42. The summed E-state index contributed by atoms with van der Waals surface area (Å²) < 4.78 is 0. The van der Waals surface area contributed by atoms with Crippen molar-refractivity contribution in [1.29, 1.82) is 0 Å². The smallest absolute Gasteiger partial charge is 0.234 e. The van der Waals surface area contributed by atoms with E-state index >= 15 is 0 Å². The standard InChI is InChI=1S/C25H37N3O/c1-18-5-3-4-6-23(18)28-9-7-27(8-10-28)17-24(29)26-19(2)25-14-20-11-21(15-25)13-22(12-20)16-25/h3-6,19-22H,7-17H2,1-2H3,(H,26,29)/t19-,20?,21?,22?,25?/m0/s1. The number of para-hydroxylation sites is 1. The van der Waals surface area contributed by atoms with E-state index in [1.807, 2.05) is 0 Å². The van der Waals surface area contributed by atoms with Gasteiger partial charge < -0.3 is 10.2 Å². The third kappa shape index (κ3) is 3.81. The zero-order chi connectivity index (χ0) is 20.0. The predicted molar refractivity (Wildman–Crippen MR) is 118 cm³/mol. The van der Waals surface area contributed by atoms with Gasteiger partial charge in [-0.1, -0.05) is 18.2 Å². The van der Waals surface area contributed by atoms with E-state index in [-0.39, 0.29) is 5.91 Å². The molecule has 0 spiro atoms. The van der Waals surface area contributed by atoms with Gasteiger partial charge in [-0.15, -0.1) is 0 Å². The maximum atomic E-state index is 12.9. The molecular formula is C25H37N3O. The lowest BCUT2D eigenvalue weighted by Gasteiger charge is -2.59. The van der Waals surface area contributed by atoms with Crippen LogP contribution in [0.4, 0.5) is 5.69 Å². The maximum absolute atomic E-state index is 12.9. The minimum atomic E-state index is 0.234. The second kappa shape index (κ2) is 7.61. The van der Waals surface area contributed by atoms with E-state index in [2.05, 4.69) is 53.2 Å². The van der Waals surface area contributed by atoms with Crippen molar-refractivity contribution < 1.29 is 4.79 Å². The van der Waals surface area contributed by atoms with Crippen molar-refractivity contribution in [2.24, 2.45) is 23.2 Å². The molecule has 0 unspecified atom stereocenters. The number of hydrogen-bond acceptors (Lipinski definition) is 3. The molecule has 1 aromatic rings. The van der Waals surface area contributed by atoms with Crippen LogP contribution in [0.25, 0.3) is 0 Å². The van der Waals surface area contributed by atoms with E-state index in [0.717, 1.165) is 43.9 Å². The average Bonchev–Trinajstić information content (AvgIpc) is 2.68. The van der Waals surface area contributed by atoms with Crippen LogP contribution in [-0.4, -0.2) is 49.6 Å². The number of nitrogens with one attached hydrogen (secondary N) is 1. The number of rotatable bonds is 5. The van der Waals surface area contributed by atoms with Crippen LogP contribution in [0.2, 0.25) is 0 Å². The Kier molecular flexibility index (Phi) is 5.09. The van der Waals surface area contributed by atoms with E-state index in [1.165, 1.54) is 49.8 Å². The molecule has 4 aliphatic carbocycles. The Bertz CT molecular complexity index is 717. The van der Waals surface area contributed by atoms with Crippen molar-refractivity contribution in [3.8, 4) is 0 Å². The molecule has 4 saturated carbocycles. The van der Waals surface area contributed by atoms with E-state index in [9.17, 15) is 4.79 Å². The van der Waals surface area contributed by atoms with Gasteiger partial charge in [0, 0.05) is 37.9 Å². The minimum Gasteiger partial charge on any atom is -0.369 e. The lowest BCUT2D eigenvalue weighted by molar-refractivity contribution is -0.127. The van der Waals surface area contributed by atoms with Gasteiger partial charge in [0.05, 0.1) is 6.54 Å². The van der Waals surface area contributed by atoms with Crippen molar-refractivity contribution in [1.82, 2.24) is 10.2 Å². The number of piperazine rings is 1. The first-order valence-electron chi connectivity index (χ1n) is 11.8. The molecule has 29 heavy (non-hydrogen) atoms. The third-order valence-corrected chi connectivity index (χ3v) is 8.58. The van der Waals surface area contributed by atoms with Gasteiger partial charge in [-0.05, 0) is 87.2 Å². The Morgan fingerprint density at radius 1 is 1.03 bits per heavy atom. The Morgan fingerprint density at radius 3 is 2.21 bits per heavy atom. The molecule has 1 atom stereocenters. The first kappa shape index (κ1) is 19.4. The molecule has 4 nitrogen and oxygen atoms in total. The molecule has 1 aliphatic heterocycles. The number of carbonyl (C=O) groups is 1. The van der Waals surface area contributed by atoms with Crippen LogP contribution >= 0.6 is 0 Å². The molecule has 6 rings (SSSR count). The summed E-state index contributed by atoms with van der Waals surface area (Å²) in [6.45, 7) is 8.97.